The molecule has 3 rings (SSSR count). The number of amides is 1. The molecule has 0 spiro atoms. The molecule has 1 saturated heterocycles. The Labute approximate surface area is 140 Å². The number of hydrogen-bond acceptors (Lipinski definition) is 4. The van der Waals surface area contributed by atoms with Crippen LogP contribution in [-0.2, 0) is 0 Å². The standard InChI is InChI=1S/C18H20FN3O2/c1-21(2)17-8-5-13(10-20-17)18(24)22-11-15(23)9-16(22)12-3-6-14(19)7-4-12/h3-8,10,15-16,23H,9,11H2,1-2H3/t15-,16-/m0/s1. The first-order chi connectivity index (χ1) is 11.5. The zero-order valence-electron chi connectivity index (χ0n) is 13.7. The Morgan fingerprint density at radius 1 is 1.25 bits per heavy atom. The second-order valence-corrected chi connectivity index (χ2v) is 6.21. The van der Waals surface area contributed by atoms with Crippen LogP contribution in [0.3, 0.4) is 0 Å². The molecule has 6 heteroatoms. The third-order valence-electron chi connectivity index (χ3n) is 4.25. The van der Waals surface area contributed by atoms with Crippen molar-refractivity contribution in [3.63, 3.8) is 0 Å². The summed E-state index contributed by atoms with van der Waals surface area (Å²) < 4.78 is 13.1. The van der Waals surface area contributed by atoms with Crippen LogP contribution in [-0.4, -0.2) is 47.6 Å². The summed E-state index contributed by atoms with van der Waals surface area (Å²) in [7, 11) is 3.76. The van der Waals surface area contributed by atoms with Gasteiger partial charge < -0.3 is 14.9 Å². The van der Waals surface area contributed by atoms with Crippen molar-refractivity contribution < 1.29 is 14.3 Å². The highest BCUT2D eigenvalue weighted by atomic mass is 19.1. The summed E-state index contributed by atoms with van der Waals surface area (Å²) in [5, 5.41) is 10.0. The van der Waals surface area contributed by atoms with Crippen molar-refractivity contribution in [2.24, 2.45) is 0 Å². The highest BCUT2D eigenvalue weighted by Crippen LogP contribution is 2.33. The summed E-state index contributed by atoms with van der Waals surface area (Å²) in [6, 6.07) is 9.31. The van der Waals surface area contributed by atoms with Gasteiger partial charge in [0.15, 0.2) is 0 Å². The lowest BCUT2D eigenvalue weighted by Crippen LogP contribution is -2.32. The number of nitrogens with zero attached hydrogens (tertiary/aromatic N) is 3. The maximum Gasteiger partial charge on any atom is 0.256 e. The van der Waals surface area contributed by atoms with E-state index >= 15 is 0 Å². The monoisotopic (exact) mass is 329 g/mol. The fraction of sp³-hybridized carbons (Fsp3) is 0.333. The van der Waals surface area contributed by atoms with Crippen molar-refractivity contribution in [1.29, 1.82) is 0 Å². The Hall–Kier alpha value is -2.47. The second-order valence-electron chi connectivity index (χ2n) is 6.21. The summed E-state index contributed by atoms with van der Waals surface area (Å²) in [6.07, 6.45) is 1.41. The number of benzene rings is 1. The molecule has 1 fully saturated rings. The first-order valence-corrected chi connectivity index (χ1v) is 7.83. The molecule has 0 unspecified atom stereocenters. The minimum Gasteiger partial charge on any atom is -0.391 e. The second kappa shape index (κ2) is 6.57. The van der Waals surface area contributed by atoms with Gasteiger partial charge in [-0.1, -0.05) is 12.1 Å². The Kier molecular flexibility index (Phi) is 4.49. The van der Waals surface area contributed by atoms with Crippen LogP contribution >= 0.6 is 0 Å². The number of pyridine rings is 1. The predicted octanol–water partition coefficient (Wildman–Crippen LogP) is 2.23. The minimum atomic E-state index is -0.585. The van der Waals surface area contributed by atoms with Crippen LogP contribution in [0.15, 0.2) is 42.6 Å². The van der Waals surface area contributed by atoms with Crippen molar-refractivity contribution in [3.8, 4) is 0 Å². The summed E-state index contributed by atoms with van der Waals surface area (Å²) >= 11 is 0. The van der Waals surface area contributed by atoms with E-state index in [1.807, 2.05) is 19.0 Å². The van der Waals surface area contributed by atoms with E-state index < -0.39 is 6.10 Å². The third kappa shape index (κ3) is 3.23. The van der Waals surface area contributed by atoms with Gasteiger partial charge in [0.2, 0.25) is 0 Å². The SMILES string of the molecule is CN(C)c1ccc(C(=O)N2C[C@@H](O)C[C@H]2c2ccc(F)cc2)cn1. The molecule has 0 aliphatic carbocycles. The average molecular weight is 329 g/mol. The first kappa shape index (κ1) is 16.4. The van der Waals surface area contributed by atoms with E-state index in [2.05, 4.69) is 4.98 Å². The van der Waals surface area contributed by atoms with Crippen molar-refractivity contribution in [2.45, 2.75) is 18.6 Å². The molecule has 0 bridgehead atoms. The van der Waals surface area contributed by atoms with Gasteiger partial charge in [-0.05, 0) is 36.2 Å². The first-order valence-electron chi connectivity index (χ1n) is 7.83. The number of aliphatic hydroxyl groups is 1. The van der Waals surface area contributed by atoms with Gasteiger partial charge in [0, 0.05) is 26.8 Å². The molecule has 1 N–H and O–H groups in total. The topological polar surface area (TPSA) is 56.7 Å². The highest BCUT2D eigenvalue weighted by Gasteiger charge is 2.35. The van der Waals surface area contributed by atoms with Gasteiger partial charge in [0.1, 0.15) is 11.6 Å². The third-order valence-corrected chi connectivity index (χ3v) is 4.25. The normalized spacial score (nSPS) is 20.2. The highest BCUT2D eigenvalue weighted by molar-refractivity contribution is 5.94. The number of aliphatic hydroxyl groups excluding tert-OH is 1. The number of carbonyl (C=O) groups excluding carboxylic acids is 1. The van der Waals surface area contributed by atoms with Gasteiger partial charge in [0.05, 0.1) is 17.7 Å². The number of β-amino-alcohol motifs (C(OH)–C–C–N with tert-alkyl or cyclic N) is 1. The molecule has 0 saturated carbocycles. The number of anilines is 1. The molecule has 2 aromatic rings. The van der Waals surface area contributed by atoms with E-state index in [4.69, 9.17) is 0 Å². The number of likely N-dealkylation sites (tertiary alicyclic amines) is 1. The van der Waals surface area contributed by atoms with Crippen LogP contribution in [0.2, 0.25) is 0 Å². The summed E-state index contributed by atoms with van der Waals surface area (Å²) in [6.45, 7) is 0.260. The molecule has 1 aliphatic heterocycles. The average Bonchev–Trinajstić information content (AvgIpc) is 2.96. The Morgan fingerprint density at radius 2 is 1.96 bits per heavy atom. The maximum atomic E-state index is 13.1. The lowest BCUT2D eigenvalue weighted by Gasteiger charge is -2.25. The number of hydrogen-bond donors (Lipinski definition) is 1. The summed E-state index contributed by atoms with van der Waals surface area (Å²) in [5.74, 6) is 0.264. The molecule has 1 aromatic heterocycles. The lowest BCUT2D eigenvalue weighted by atomic mass is 10.0. The van der Waals surface area contributed by atoms with Crippen LogP contribution in [0.4, 0.5) is 10.2 Å². The van der Waals surface area contributed by atoms with E-state index in [1.54, 1.807) is 35.4 Å². The molecule has 5 nitrogen and oxygen atoms in total. The minimum absolute atomic E-state index is 0.182. The Morgan fingerprint density at radius 3 is 2.54 bits per heavy atom. The molecule has 0 radical (unpaired) electrons. The largest absolute Gasteiger partial charge is 0.391 e. The van der Waals surface area contributed by atoms with Gasteiger partial charge in [-0.2, -0.15) is 0 Å². The zero-order valence-corrected chi connectivity index (χ0v) is 13.7. The van der Waals surface area contributed by atoms with Crippen LogP contribution in [0.5, 0.6) is 0 Å². The predicted molar refractivity (Wildman–Crippen MR) is 89.4 cm³/mol. The summed E-state index contributed by atoms with van der Waals surface area (Å²) in [4.78, 5) is 20.6. The van der Waals surface area contributed by atoms with Crippen LogP contribution in [0.1, 0.15) is 28.4 Å². The van der Waals surface area contributed by atoms with Crippen LogP contribution in [0, 0.1) is 5.82 Å². The van der Waals surface area contributed by atoms with Crippen LogP contribution in [0.25, 0.3) is 0 Å². The molecule has 24 heavy (non-hydrogen) atoms. The van der Waals surface area contributed by atoms with Crippen molar-refractivity contribution >= 4 is 11.7 Å². The van der Waals surface area contributed by atoms with E-state index in [9.17, 15) is 14.3 Å². The van der Waals surface area contributed by atoms with Gasteiger partial charge in [-0.3, -0.25) is 4.79 Å². The van der Waals surface area contributed by atoms with Gasteiger partial charge in [0.25, 0.3) is 5.91 Å². The number of carbonyl (C=O) groups is 1. The Bertz CT molecular complexity index is 716. The molecular formula is C18H20FN3O2. The van der Waals surface area contributed by atoms with Gasteiger partial charge in [-0.25, -0.2) is 9.37 Å². The zero-order chi connectivity index (χ0) is 17.3. The maximum absolute atomic E-state index is 13.1. The lowest BCUT2D eigenvalue weighted by molar-refractivity contribution is 0.0715. The molecule has 1 aliphatic rings. The smallest absolute Gasteiger partial charge is 0.256 e. The molecule has 2 heterocycles. The van der Waals surface area contributed by atoms with Crippen molar-refractivity contribution in [2.75, 3.05) is 25.5 Å². The number of halogens is 1. The molecular weight excluding hydrogens is 309 g/mol. The van der Waals surface area contributed by atoms with E-state index in [1.165, 1.54) is 12.1 Å². The van der Waals surface area contributed by atoms with Gasteiger partial charge in [-0.15, -0.1) is 0 Å². The van der Waals surface area contributed by atoms with Crippen molar-refractivity contribution in [1.82, 2.24) is 9.88 Å². The van der Waals surface area contributed by atoms with E-state index in [0.29, 0.717) is 12.0 Å². The van der Waals surface area contributed by atoms with Gasteiger partial charge >= 0.3 is 0 Å². The number of rotatable bonds is 3. The fourth-order valence-electron chi connectivity index (χ4n) is 2.98. The Balaban J connectivity index is 1.85. The fourth-order valence-corrected chi connectivity index (χ4v) is 2.98. The quantitative estimate of drug-likeness (QED) is 0.938. The van der Waals surface area contributed by atoms with Crippen molar-refractivity contribution in [3.05, 3.63) is 59.5 Å². The van der Waals surface area contributed by atoms with Crippen LogP contribution < -0.4 is 4.90 Å². The van der Waals surface area contributed by atoms with E-state index in [-0.39, 0.29) is 24.3 Å². The molecule has 126 valence electrons. The molecule has 2 atom stereocenters. The molecule has 1 aromatic carbocycles. The summed E-state index contributed by atoms with van der Waals surface area (Å²) in [5.41, 5.74) is 1.29. The van der Waals surface area contributed by atoms with E-state index in [0.717, 1.165) is 11.4 Å². The number of aromatic nitrogens is 1. The molecule has 1 amide bonds.